The summed E-state index contributed by atoms with van der Waals surface area (Å²) < 4.78 is 5.11. The molecule has 1 unspecified atom stereocenters. The Morgan fingerprint density at radius 2 is 2.22 bits per heavy atom. The first kappa shape index (κ1) is 18.0. The van der Waals surface area contributed by atoms with Gasteiger partial charge in [0.1, 0.15) is 10.4 Å². The molecule has 1 aliphatic rings. The first-order chi connectivity index (χ1) is 10.7. The van der Waals surface area contributed by atoms with Crippen molar-refractivity contribution in [3.05, 3.63) is 24.2 Å². The maximum atomic E-state index is 12.8. The average Bonchev–Trinajstić information content (AvgIpc) is 2.96. The van der Waals surface area contributed by atoms with Crippen molar-refractivity contribution in [1.82, 2.24) is 15.1 Å². The van der Waals surface area contributed by atoms with Crippen molar-refractivity contribution < 1.29 is 14.0 Å². The summed E-state index contributed by atoms with van der Waals surface area (Å²) in [7, 11) is 3.87. The molecule has 2 rings (SSSR count). The molecule has 0 aromatic carbocycles. The Kier molecular flexibility index (Phi) is 5.49. The molecule has 1 aromatic rings. The highest BCUT2D eigenvalue weighted by Gasteiger charge is 2.46. The zero-order chi connectivity index (χ0) is 17.2. The summed E-state index contributed by atoms with van der Waals surface area (Å²) in [6, 6.07) is 2.53. The number of thiocarbonyl (C=S) groups is 1. The minimum absolute atomic E-state index is 0.180. The van der Waals surface area contributed by atoms with Gasteiger partial charge in [-0.3, -0.25) is 14.5 Å². The van der Waals surface area contributed by atoms with Crippen LogP contribution in [0.4, 0.5) is 0 Å². The van der Waals surface area contributed by atoms with E-state index in [-0.39, 0.29) is 11.7 Å². The van der Waals surface area contributed by atoms with E-state index in [4.69, 9.17) is 16.6 Å². The van der Waals surface area contributed by atoms with Crippen LogP contribution in [-0.4, -0.2) is 63.9 Å². The van der Waals surface area contributed by atoms with Gasteiger partial charge in [0.05, 0.1) is 6.26 Å². The Bertz CT molecular complexity index is 599. The standard InChI is InChI=1S/C15H21N3O3S2/c1-15(2)11(16-12(19)10-6-5-9-21-10)13(20)18(14(22)23-15)8-7-17(3)4/h5-6,9,11H,7-8H2,1-4H3,(H,16,19). The van der Waals surface area contributed by atoms with Gasteiger partial charge in [-0.15, -0.1) is 0 Å². The van der Waals surface area contributed by atoms with E-state index in [9.17, 15) is 9.59 Å². The van der Waals surface area contributed by atoms with E-state index in [1.54, 1.807) is 17.0 Å². The van der Waals surface area contributed by atoms with E-state index in [0.717, 1.165) is 0 Å². The Labute approximate surface area is 145 Å². The first-order valence-corrected chi connectivity index (χ1v) is 8.48. The Balaban J connectivity index is 2.16. The van der Waals surface area contributed by atoms with Crippen LogP contribution in [0.15, 0.2) is 22.8 Å². The molecule has 8 heteroatoms. The molecule has 0 radical (unpaired) electrons. The van der Waals surface area contributed by atoms with Crippen molar-refractivity contribution in [2.45, 2.75) is 24.6 Å². The van der Waals surface area contributed by atoms with Gasteiger partial charge in [0.15, 0.2) is 5.76 Å². The van der Waals surface area contributed by atoms with Gasteiger partial charge in [0, 0.05) is 17.8 Å². The number of carbonyl (C=O) groups is 2. The highest BCUT2D eigenvalue weighted by molar-refractivity contribution is 8.24. The molecule has 1 atom stereocenters. The third-order valence-corrected chi connectivity index (χ3v) is 5.20. The zero-order valence-electron chi connectivity index (χ0n) is 13.7. The quantitative estimate of drug-likeness (QED) is 0.809. The van der Waals surface area contributed by atoms with Crippen molar-refractivity contribution in [2.75, 3.05) is 27.2 Å². The number of likely N-dealkylation sites (N-methyl/N-ethyl adjacent to an activating group) is 1. The summed E-state index contributed by atoms with van der Waals surface area (Å²) in [4.78, 5) is 28.6. The fraction of sp³-hybridized carbons (Fsp3) is 0.533. The van der Waals surface area contributed by atoms with Gasteiger partial charge in [0.25, 0.3) is 11.8 Å². The fourth-order valence-electron chi connectivity index (χ4n) is 2.23. The molecule has 1 fully saturated rings. The average molecular weight is 355 g/mol. The van der Waals surface area contributed by atoms with E-state index in [1.165, 1.54) is 18.0 Å². The second kappa shape index (κ2) is 7.02. The number of nitrogens with one attached hydrogen (secondary N) is 1. The molecule has 0 bridgehead atoms. The predicted molar refractivity (Wildman–Crippen MR) is 94.5 cm³/mol. The van der Waals surface area contributed by atoms with Crippen LogP contribution in [-0.2, 0) is 4.79 Å². The Morgan fingerprint density at radius 3 is 2.78 bits per heavy atom. The largest absolute Gasteiger partial charge is 0.459 e. The molecular formula is C15H21N3O3S2. The van der Waals surface area contributed by atoms with Crippen molar-refractivity contribution in [2.24, 2.45) is 0 Å². The van der Waals surface area contributed by atoms with Crippen LogP contribution in [0.1, 0.15) is 24.4 Å². The maximum Gasteiger partial charge on any atom is 0.287 e. The maximum absolute atomic E-state index is 12.8. The van der Waals surface area contributed by atoms with Crippen molar-refractivity contribution in [3.63, 3.8) is 0 Å². The Hall–Kier alpha value is -1.38. The Morgan fingerprint density at radius 1 is 1.52 bits per heavy atom. The van der Waals surface area contributed by atoms with Crippen molar-refractivity contribution in [1.29, 1.82) is 0 Å². The fourth-order valence-corrected chi connectivity index (χ4v) is 4.07. The molecule has 0 saturated carbocycles. The molecule has 1 aliphatic heterocycles. The monoisotopic (exact) mass is 355 g/mol. The second-order valence-electron chi connectivity index (χ2n) is 6.15. The van der Waals surface area contributed by atoms with Gasteiger partial charge < -0.3 is 14.6 Å². The molecular weight excluding hydrogens is 334 g/mol. The summed E-state index contributed by atoms with van der Waals surface area (Å²) in [5, 5.41) is 2.78. The SMILES string of the molecule is CN(C)CCN1C(=O)C(NC(=O)c2ccco2)C(C)(C)SC1=S. The highest BCUT2D eigenvalue weighted by Crippen LogP contribution is 2.36. The van der Waals surface area contributed by atoms with E-state index in [0.29, 0.717) is 17.4 Å². The number of carbonyl (C=O) groups excluding carboxylic acids is 2. The van der Waals surface area contributed by atoms with Crippen molar-refractivity contribution in [3.8, 4) is 0 Å². The molecule has 2 heterocycles. The topological polar surface area (TPSA) is 65.8 Å². The van der Waals surface area contributed by atoms with E-state index in [1.807, 2.05) is 32.8 Å². The summed E-state index contributed by atoms with van der Waals surface area (Å²) in [5.74, 6) is -0.394. The lowest BCUT2D eigenvalue weighted by atomic mass is 10.0. The normalized spacial score (nSPS) is 20.9. The zero-order valence-corrected chi connectivity index (χ0v) is 15.3. The summed E-state index contributed by atoms with van der Waals surface area (Å²) in [6.45, 7) is 5.00. The number of furan rings is 1. The second-order valence-corrected chi connectivity index (χ2v) is 8.44. The lowest BCUT2D eigenvalue weighted by Gasteiger charge is -2.42. The van der Waals surface area contributed by atoms with Crippen LogP contribution in [0.2, 0.25) is 0 Å². The minimum Gasteiger partial charge on any atom is -0.459 e. The number of nitrogens with zero attached hydrogens (tertiary/aromatic N) is 2. The van der Waals surface area contributed by atoms with E-state index < -0.39 is 16.7 Å². The third kappa shape index (κ3) is 4.13. The molecule has 1 saturated heterocycles. The number of thioether (sulfide) groups is 1. The van der Waals surface area contributed by atoms with Crippen LogP contribution in [0, 0.1) is 0 Å². The number of hydrogen-bond donors (Lipinski definition) is 1. The van der Waals surface area contributed by atoms with Gasteiger partial charge in [-0.2, -0.15) is 0 Å². The molecule has 6 nitrogen and oxygen atoms in total. The predicted octanol–water partition coefficient (Wildman–Crippen LogP) is 1.58. The molecule has 126 valence electrons. The van der Waals surface area contributed by atoms with Crippen LogP contribution in [0.5, 0.6) is 0 Å². The van der Waals surface area contributed by atoms with Gasteiger partial charge in [-0.05, 0) is 40.1 Å². The van der Waals surface area contributed by atoms with E-state index >= 15 is 0 Å². The molecule has 1 N–H and O–H groups in total. The van der Waals surface area contributed by atoms with Gasteiger partial charge in [-0.25, -0.2) is 0 Å². The number of amides is 2. The van der Waals surface area contributed by atoms with E-state index in [2.05, 4.69) is 5.32 Å². The van der Waals surface area contributed by atoms with Crippen molar-refractivity contribution >= 4 is 40.1 Å². The third-order valence-electron chi connectivity index (χ3n) is 3.57. The van der Waals surface area contributed by atoms with Crippen LogP contribution < -0.4 is 5.32 Å². The summed E-state index contributed by atoms with van der Waals surface area (Å²) in [6.07, 6.45) is 1.43. The molecule has 0 aliphatic carbocycles. The summed E-state index contributed by atoms with van der Waals surface area (Å²) in [5.41, 5.74) is 0. The molecule has 23 heavy (non-hydrogen) atoms. The molecule has 0 spiro atoms. The number of hydrogen-bond acceptors (Lipinski definition) is 6. The lowest BCUT2D eigenvalue weighted by molar-refractivity contribution is -0.130. The smallest absolute Gasteiger partial charge is 0.287 e. The lowest BCUT2D eigenvalue weighted by Crippen LogP contribution is -2.62. The summed E-state index contributed by atoms with van der Waals surface area (Å²) >= 11 is 6.80. The van der Waals surface area contributed by atoms with Gasteiger partial charge in [-0.1, -0.05) is 24.0 Å². The van der Waals surface area contributed by atoms with Crippen LogP contribution >= 0.6 is 24.0 Å². The number of rotatable bonds is 5. The molecule has 1 aromatic heterocycles. The van der Waals surface area contributed by atoms with Crippen LogP contribution in [0.25, 0.3) is 0 Å². The van der Waals surface area contributed by atoms with Crippen LogP contribution in [0.3, 0.4) is 0 Å². The highest BCUT2D eigenvalue weighted by atomic mass is 32.2. The van der Waals surface area contributed by atoms with Gasteiger partial charge in [0.2, 0.25) is 0 Å². The first-order valence-electron chi connectivity index (χ1n) is 7.26. The minimum atomic E-state index is -0.668. The molecule has 2 amide bonds. The van der Waals surface area contributed by atoms with Gasteiger partial charge >= 0.3 is 0 Å².